The van der Waals surface area contributed by atoms with Crippen LogP contribution in [0.5, 0.6) is 0 Å². The third-order valence-corrected chi connectivity index (χ3v) is 8.02. The third kappa shape index (κ3) is 3.51. The van der Waals surface area contributed by atoms with Crippen LogP contribution in [0, 0.1) is 30.1 Å². The van der Waals surface area contributed by atoms with Crippen LogP contribution >= 0.6 is 0 Å². The van der Waals surface area contributed by atoms with Crippen molar-refractivity contribution in [3.05, 3.63) is 29.8 Å². The molecule has 0 saturated heterocycles. The molecule has 0 radical (unpaired) electrons. The first-order valence-corrected chi connectivity index (χ1v) is 10.8. The number of rotatable bonds is 5. The van der Waals surface area contributed by atoms with Gasteiger partial charge < -0.3 is 5.11 Å². The van der Waals surface area contributed by atoms with Crippen LogP contribution in [0.3, 0.4) is 0 Å². The van der Waals surface area contributed by atoms with Gasteiger partial charge in [-0.3, -0.25) is 4.18 Å². The molecule has 5 heteroatoms. The third-order valence-electron chi connectivity index (χ3n) is 6.67. The largest absolute Gasteiger partial charge is 0.396 e. The zero-order valence-electron chi connectivity index (χ0n) is 15.4. The fourth-order valence-corrected chi connectivity index (χ4v) is 6.40. The Morgan fingerprint density at radius 2 is 1.92 bits per heavy atom. The van der Waals surface area contributed by atoms with Gasteiger partial charge in [0.15, 0.2) is 0 Å². The van der Waals surface area contributed by atoms with E-state index in [2.05, 4.69) is 13.8 Å². The lowest BCUT2D eigenvalue weighted by Gasteiger charge is -2.45. The van der Waals surface area contributed by atoms with E-state index < -0.39 is 10.1 Å². The lowest BCUT2D eigenvalue weighted by molar-refractivity contribution is -0.0177. The van der Waals surface area contributed by atoms with Crippen molar-refractivity contribution in [1.82, 2.24) is 0 Å². The first kappa shape index (κ1) is 18.9. The molecule has 1 aromatic carbocycles. The second kappa shape index (κ2) is 7.01. The molecule has 140 valence electrons. The average molecular weight is 367 g/mol. The van der Waals surface area contributed by atoms with E-state index >= 15 is 0 Å². The van der Waals surface area contributed by atoms with Gasteiger partial charge in [-0.05, 0) is 67.9 Å². The number of aliphatic hydroxyl groups is 1. The van der Waals surface area contributed by atoms with Gasteiger partial charge in [0.05, 0.1) is 11.0 Å². The van der Waals surface area contributed by atoms with Crippen molar-refractivity contribution in [2.24, 2.45) is 23.2 Å². The molecule has 0 aliphatic heterocycles. The predicted octanol–water partition coefficient (Wildman–Crippen LogP) is 3.91. The molecule has 2 saturated carbocycles. The molecule has 2 aliphatic rings. The quantitative estimate of drug-likeness (QED) is 0.803. The van der Waals surface area contributed by atoms with E-state index in [0.29, 0.717) is 5.92 Å². The van der Waals surface area contributed by atoms with Crippen LogP contribution in [0.25, 0.3) is 0 Å². The molecule has 3 rings (SSSR count). The number of fused-ring (bicyclic) bond motifs is 1. The highest BCUT2D eigenvalue weighted by Gasteiger charge is 2.53. The molecule has 1 N–H and O–H groups in total. The van der Waals surface area contributed by atoms with Crippen LogP contribution < -0.4 is 0 Å². The zero-order valence-corrected chi connectivity index (χ0v) is 16.3. The van der Waals surface area contributed by atoms with E-state index in [1.807, 2.05) is 6.92 Å². The van der Waals surface area contributed by atoms with Crippen molar-refractivity contribution < 1.29 is 17.7 Å². The first-order valence-electron chi connectivity index (χ1n) is 9.39. The Labute approximate surface area is 151 Å². The monoisotopic (exact) mass is 366 g/mol. The molecule has 0 unspecified atom stereocenters. The highest BCUT2D eigenvalue weighted by molar-refractivity contribution is 7.86. The maximum atomic E-state index is 12.7. The minimum atomic E-state index is -3.73. The molecule has 0 bridgehead atoms. The minimum Gasteiger partial charge on any atom is -0.396 e. The molecule has 2 fully saturated rings. The standard InChI is InChI=1S/C20H30O4S/c1-14-6-8-16(9-7-14)25(22,23)24-19-5-4-12-20(3)17(15(2)13-21)10-11-18(19)20/h6-9,15,17-19,21H,4-5,10-13H2,1-3H3/t15-,17-,18+,19+,20-/m1/s1. The van der Waals surface area contributed by atoms with Crippen molar-refractivity contribution in [1.29, 1.82) is 0 Å². The van der Waals surface area contributed by atoms with Crippen molar-refractivity contribution >= 4 is 10.1 Å². The summed E-state index contributed by atoms with van der Waals surface area (Å²) in [4.78, 5) is 0.239. The molecular weight excluding hydrogens is 336 g/mol. The highest BCUT2D eigenvalue weighted by atomic mass is 32.2. The Bertz CT molecular complexity index is 697. The summed E-state index contributed by atoms with van der Waals surface area (Å²) in [6.45, 7) is 6.51. The van der Waals surface area contributed by atoms with Gasteiger partial charge in [0.2, 0.25) is 0 Å². The van der Waals surface area contributed by atoms with E-state index in [9.17, 15) is 13.5 Å². The lowest BCUT2D eigenvalue weighted by atomic mass is 9.62. The minimum absolute atomic E-state index is 0.0634. The van der Waals surface area contributed by atoms with Crippen LogP contribution in [0.1, 0.15) is 51.5 Å². The number of aliphatic hydroxyl groups excluding tert-OH is 1. The summed E-state index contributed by atoms with van der Waals surface area (Å²) in [6, 6.07) is 6.85. The van der Waals surface area contributed by atoms with Crippen molar-refractivity contribution in [2.45, 2.75) is 63.9 Å². The van der Waals surface area contributed by atoms with E-state index in [1.165, 1.54) is 0 Å². The first-order chi connectivity index (χ1) is 11.8. The van der Waals surface area contributed by atoms with E-state index in [1.54, 1.807) is 24.3 Å². The summed E-state index contributed by atoms with van der Waals surface area (Å²) in [5, 5.41) is 9.60. The summed E-state index contributed by atoms with van der Waals surface area (Å²) in [5.41, 5.74) is 1.09. The average Bonchev–Trinajstić information content (AvgIpc) is 2.92. The topological polar surface area (TPSA) is 63.6 Å². The Hall–Kier alpha value is -0.910. The molecular formula is C20H30O4S. The summed E-state index contributed by atoms with van der Waals surface area (Å²) in [7, 11) is -3.73. The van der Waals surface area contributed by atoms with Gasteiger partial charge in [-0.1, -0.05) is 38.0 Å². The second-order valence-electron chi connectivity index (χ2n) is 8.25. The summed E-state index contributed by atoms with van der Waals surface area (Å²) >= 11 is 0. The number of aryl methyl sites for hydroxylation is 1. The fraction of sp³-hybridized carbons (Fsp3) is 0.700. The van der Waals surface area contributed by atoms with Gasteiger partial charge >= 0.3 is 0 Å². The van der Waals surface area contributed by atoms with Gasteiger partial charge in [-0.2, -0.15) is 8.42 Å². The van der Waals surface area contributed by atoms with Gasteiger partial charge in [0.1, 0.15) is 0 Å². The summed E-state index contributed by atoms with van der Waals surface area (Å²) in [5.74, 6) is 0.943. The Morgan fingerprint density at radius 1 is 1.24 bits per heavy atom. The number of benzene rings is 1. The molecule has 2 aliphatic carbocycles. The molecule has 0 spiro atoms. The molecule has 1 aromatic rings. The van der Waals surface area contributed by atoms with E-state index in [-0.39, 0.29) is 34.9 Å². The Balaban J connectivity index is 1.80. The maximum absolute atomic E-state index is 12.7. The summed E-state index contributed by atoms with van der Waals surface area (Å²) < 4.78 is 31.2. The van der Waals surface area contributed by atoms with Gasteiger partial charge in [-0.25, -0.2) is 0 Å². The van der Waals surface area contributed by atoms with Gasteiger partial charge in [-0.15, -0.1) is 0 Å². The van der Waals surface area contributed by atoms with Crippen LogP contribution in [0.15, 0.2) is 29.2 Å². The lowest BCUT2D eigenvalue weighted by Crippen LogP contribution is -2.43. The number of hydrogen-bond acceptors (Lipinski definition) is 4. The van der Waals surface area contributed by atoms with Crippen LogP contribution in [0.4, 0.5) is 0 Å². The molecule has 0 heterocycles. The number of hydrogen-bond donors (Lipinski definition) is 1. The van der Waals surface area contributed by atoms with Crippen LogP contribution in [0.2, 0.25) is 0 Å². The SMILES string of the molecule is Cc1ccc(S(=O)(=O)O[C@H]2CCC[C@]3(C)[C@@H]([C@H](C)CO)CC[C@@H]23)cc1. The highest BCUT2D eigenvalue weighted by Crippen LogP contribution is 2.58. The summed E-state index contributed by atoms with van der Waals surface area (Å²) in [6.07, 6.45) is 4.66. The zero-order chi connectivity index (χ0) is 18.2. The predicted molar refractivity (Wildman–Crippen MR) is 97.7 cm³/mol. The maximum Gasteiger partial charge on any atom is 0.297 e. The van der Waals surface area contributed by atoms with Gasteiger partial charge in [0, 0.05) is 6.61 Å². The van der Waals surface area contributed by atoms with Gasteiger partial charge in [0.25, 0.3) is 10.1 Å². The van der Waals surface area contributed by atoms with E-state index in [4.69, 9.17) is 4.18 Å². The molecule has 0 aromatic heterocycles. The molecule has 0 amide bonds. The second-order valence-corrected chi connectivity index (χ2v) is 9.82. The van der Waals surface area contributed by atoms with Crippen molar-refractivity contribution in [3.8, 4) is 0 Å². The Kier molecular flexibility index (Phi) is 5.29. The fourth-order valence-electron chi connectivity index (χ4n) is 5.26. The van der Waals surface area contributed by atoms with Crippen LogP contribution in [-0.2, 0) is 14.3 Å². The molecule has 5 atom stereocenters. The molecule has 4 nitrogen and oxygen atoms in total. The molecule has 25 heavy (non-hydrogen) atoms. The smallest absolute Gasteiger partial charge is 0.297 e. The normalized spacial score (nSPS) is 33.8. The van der Waals surface area contributed by atoms with Crippen LogP contribution in [-0.4, -0.2) is 26.2 Å². The Morgan fingerprint density at radius 3 is 2.56 bits per heavy atom. The van der Waals surface area contributed by atoms with Crippen molar-refractivity contribution in [2.75, 3.05) is 6.61 Å². The van der Waals surface area contributed by atoms with E-state index in [0.717, 1.165) is 37.7 Å². The van der Waals surface area contributed by atoms with Crippen molar-refractivity contribution in [3.63, 3.8) is 0 Å².